The first-order chi connectivity index (χ1) is 15.3. The van der Waals surface area contributed by atoms with Gasteiger partial charge in [0.1, 0.15) is 0 Å². The molecule has 1 aromatic carbocycles. The van der Waals surface area contributed by atoms with Crippen molar-refractivity contribution < 1.29 is 14.7 Å². The molecule has 0 amide bonds. The highest BCUT2D eigenvalue weighted by atomic mass is 16.3. The zero-order valence-electron chi connectivity index (χ0n) is 19.9. The Hall–Kier alpha value is -2.56. The second-order valence-electron chi connectivity index (χ2n) is 8.83. The minimum Gasteiger partial charge on any atom is -0.396 e. The molecule has 2 rings (SSSR count). The first-order valence-corrected chi connectivity index (χ1v) is 11.5. The maximum Gasteiger partial charge on any atom is 0.182 e. The van der Waals surface area contributed by atoms with Gasteiger partial charge in [0.15, 0.2) is 11.6 Å². The van der Waals surface area contributed by atoms with Gasteiger partial charge in [-0.15, -0.1) is 0 Å². The summed E-state index contributed by atoms with van der Waals surface area (Å²) in [6.45, 7) is 9.08. The van der Waals surface area contributed by atoms with E-state index in [0.717, 1.165) is 19.3 Å². The first-order valence-electron chi connectivity index (χ1n) is 11.5. The fraction of sp³-hybridized carbons (Fsp3) is 0.429. The number of hydrogen-bond acceptors (Lipinski definition) is 4. The van der Waals surface area contributed by atoms with Crippen molar-refractivity contribution in [2.75, 3.05) is 6.61 Å². The van der Waals surface area contributed by atoms with Gasteiger partial charge in [-0.2, -0.15) is 0 Å². The predicted molar refractivity (Wildman–Crippen MR) is 131 cm³/mol. The average Bonchev–Trinajstić information content (AvgIpc) is 2.76. The van der Waals surface area contributed by atoms with Crippen LogP contribution in [0.25, 0.3) is 0 Å². The molecule has 1 aromatic rings. The number of carbonyl (C=O) groups is 2. The number of carbonyl (C=O) groups excluding carboxylic acids is 2. The minimum absolute atomic E-state index is 0.0351. The molecule has 4 heteroatoms. The lowest BCUT2D eigenvalue weighted by Gasteiger charge is -2.27. The number of ketones is 2. The van der Waals surface area contributed by atoms with Crippen molar-refractivity contribution in [1.29, 1.82) is 0 Å². The fourth-order valence-corrected chi connectivity index (χ4v) is 3.95. The van der Waals surface area contributed by atoms with E-state index in [-0.39, 0.29) is 30.1 Å². The van der Waals surface area contributed by atoms with Gasteiger partial charge in [-0.05, 0) is 82.7 Å². The molecular weight excluding hydrogens is 398 g/mol. The van der Waals surface area contributed by atoms with Gasteiger partial charge in [-0.1, -0.05) is 47.6 Å². The van der Waals surface area contributed by atoms with E-state index in [1.165, 1.54) is 40.5 Å². The van der Waals surface area contributed by atoms with Crippen LogP contribution < -0.4 is 5.32 Å². The van der Waals surface area contributed by atoms with Crippen molar-refractivity contribution >= 4 is 11.6 Å². The van der Waals surface area contributed by atoms with Crippen LogP contribution in [0.1, 0.15) is 58.1 Å². The number of hydrogen-bond donors (Lipinski definition) is 2. The Kier molecular flexibility index (Phi) is 10.5. The molecule has 0 aromatic heterocycles. The fourth-order valence-electron chi connectivity index (χ4n) is 3.95. The van der Waals surface area contributed by atoms with Crippen molar-refractivity contribution in [3.8, 4) is 0 Å². The molecule has 1 aliphatic rings. The van der Waals surface area contributed by atoms with Gasteiger partial charge in [0.05, 0.1) is 0 Å². The number of allylic oxidation sites excluding steroid dienone is 7. The van der Waals surface area contributed by atoms with Gasteiger partial charge in [0.2, 0.25) is 0 Å². The first kappa shape index (κ1) is 25.7. The summed E-state index contributed by atoms with van der Waals surface area (Å²) < 4.78 is 0. The second kappa shape index (κ2) is 13.1. The molecule has 0 radical (unpaired) electrons. The molecule has 172 valence electrons. The largest absolute Gasteiger partial charge is 0.396 e. The summed E-state index contributed by atoms with van der Waals surface area (Å²) in [6.07, 6.45) is 12.1. The molecule has 32 heavy (non-hydrogen) atoms. The molecule has 1 aliphatic carbocycles. The Morgan fingerprint density at radius 1 is 1.06 bits per heavy atom. The summed E-state index contributed by atoms with van der Waals surface area (Å²) in [6, 6.07) is 8.32. The molecular formula is C28H37NO3. The SMILES string of the molecule is CC(C)=CCCC(C)=CCc1ccccc1CNC(C)C(CCO)C1=CC(=O)C=CC1=O. The van der Waals surface area contributed by atoms with Crippen LogP contribution in [0.4, 0.5) is 0 Å². The third-order valence-electron chi connectivity index (χ3n) is 5.92. The van der Waals surface area contributed by atoms with Crippen molar-refractivity contribution in [2.45, 2.75) is 66.0 Å². The van der Waals surface area contributed by atoms with E-state index in [9.17, 15) is 14.7 Å². The smallest absolute Gasteiger partial charge is 0.182 e. The van der Waals surface area contributed by atoms with Crippen molar-refractivity contribution in [3.05, 3.63) is 82.5 Å². The Morgan fingerprint density at radius 3 is 2.47 bits per heavy atom. The van der Waals surface area contributed by atoms with Crippen LogP contribution >= 0.6 is 0 Å². The van der Waals surface area contributed by atoms with Gasteiger partial charge in [-0.25, -0.2) is 0 Å². The van der Waals surface area contributed by atoms with Crippen LogP contribution in [0.5, 0.6) is 0 Å². The Labute approximate surface area is 192 Å². The highest BCUT2D eigenvalue weighted by molar-refractivity contribution is 6.17. The van der Waals surface area contributed by atoms with Crippen LogP contribution in [0.3, 0.4) is 0 Å². The topological polar surface area (TPSA) is 66.4 Å². The van der Waals surface area contributed by atoms with Crippen LogP contribution in [0.15, 0.2) is 71.4 Å². The van der Waals surface area contributed by atoms with Gasteiger partial charge in [0.25, 0.3) is 0 Å². The number of rotatable bonds is 12. The van der Waals surface area contributed by atoms with E-state index >= 15 is 0 Å². The summed E-state index contributed by atoms with van der Waals surface area (Å²) in [5.74, 6) is -0.538. The van der Waals surface area contributed by atoms with Crippen molar-refractivity contribution in [1.82, 2.24) is 5.32 Å². The summed E-state index contributed by atoms with van der Waals surface area (Å²) in [7, 11) is 0. The maximum atomic E-state index is 12.3. The average molecular weight is 436 g/mol. The van der Waals surface area contributed by atoms with Crippen molar-refractivity contribution in [2.24, 2.45) is 5.92 Å². The minimum atomic E-state index is -0.217. The molecule has 0 fully saturated rings. The predicted octanol–water partition coefficient (Wildman–Crippen LogP) is 5.03. The Bertz CT molecular complexity index is 916. The van der Waals surface area contributed by atoms with Gasteiger partial charge in [-0.3, -0.25) is 9.59 Å². The lowest BCUT2D eigenvalue weighted by Crippen LogP contribution is -2.37. The number of benzene rings is 1. The van der Waals surface area contributed by atoms with Gasteiger partial charge < -0.3 is 10.4 Å². The van der Waals surface area contributed by atoms with Gasteiger partial charge >= 0.3 is 0 Å². The van der Waals surface area contributed by atoms with E-state index < -0.39 is 0 Å². The normalized spacial score (nSPS) is 16.0. The Morgan fingerprint density at radius 2 is 1.78 bits per heavy atom. The number of nitrogens with one attached hydrogen (secondary N) is 1. The molecule has 0 saturated carbocycles. The number of aliphatic hydroxyl groups is 1. The van der Waals surface area contributed by atoms with Crippen LogP contribution in [0, 0.1) is 5.92 Å². The summed E-state index contributed by atoms with van der Waals surface area (Å²) >= 11 is 0. The van der Waals surface area contributed by atoms with Gasteiger partial charge in [0, 0.05) is 30.7 Å². The number of aliphatic hydroxyl groups excluding tert-OH is 1. The molecule has 0 spiro atoms. The molecule has 4 nitrogen and oxygen atoms in total. The van der Waals surface area contributed by atoms with Crippen LogP contribution in [0.2, 0.25) is 0 Å². The zero-order valence-corrected chi connectivity index (χ0v) is 19.9. The van der Waals surface area contributed by atoms with Crippen LogP contribution in [-0.4, -0.2) is 29.3 Å². The van der Waals surface area contributed by atoms with E-state index in [0.29, 0.717) is 18.5 Å². The van der Waals surface area contributed by atoms with E-state index in [1.54, 1.807) is 0 Å². The maximum absolute atomic E-state index is 12.3. The van der Waals surface area contributed by atoms with Crippen LogP contribution in [-0.2, 0) is 22.6 Å². The highest BCUT2D eigenvalue weighted by Crippen LogP contribution is 2.24. The molecule has 0 heterocycles. The van der Waals surface area contributed by atoms with Crippen molar-refractivity contribution in [3.63, 3.8) is 0 Å². The molecule has 0 aliphatic heterocycles. The monoisotopic (exact) mass is 435 g/mol. The third kappa shape index (κ3) is 8.18. The third-order valence-corrected chi connectivity index (χ3v) is 5.92. The molecule has 2 unspecified atom stereocenters. The molecule has 2 atom stereocenters. The Balaban J connectivity index is 2.04. The molecule has 0 bridgehead atoms. The van der Waals surface area contributed by atoms with E-state index in [4.69, 9.17) is 0 Å². The standard InChI is InChI=1S/C28H37NO3/c1-20(2)8-7-9-21(3)12-13-23-10-5-6-11-24(23)19-29-22(4)26(16-17-30)27-18-25(31)14-15-28(27)32/h5-6,8,10-12,14-15,18,22,26,29-30H,7,9,13,16-17,19H2,1-4H3. The summed E-state index contributed by atoms with van der Waals surface area (Å²) in [4.78, 5) is 24.1. The van der Waals surface area contributed by atoms with E-state index in [2.05, 4.69) is 56.4 Å². The quantitative estimate of drug-likeness (QED) is 0.357. The summed E-state index contributed by atoms with van der Waals surface area (Å²) in [5.41, 5.74) is 5.72. The summed E-state index contributed by atoms with van der Waals surface area (Å²) in [5, 5.41) is 13.1. The molecule has 2 N–H and O–H groups in total. The highest BCUT2D eigenvalue weighted by Gasteiger charge is 2.27. The lowest BCUT2D eigenvalue weighted by molar-refractivity contribution is -0.115. The second-order valence-corrected chi connectivity index (χ2v) is 8.83. The lowest BCUT2D eigenvalue weighted by atomic mass is 9.84. The zero-order chi connectivity index (χ0) is 23.5. The molecule has 0 saturated heterocycles. The van der Waals surface area contributed by atoms with E-state index in [1.807, 2.05) is 13.0 Å².